The second-order valence-electron chi connectivity index (χ2n) is 7.94. The van der Waals surface area contributed by atoms with Crippen molar-refractivity contribution in [3.8, 4) is 17.1 Å². The summed E-state index contributed by atoms with van der Waals surface area (Å²) in [5.41, 5.74) is 6.61. The Balaban J connectivity index is 1.54. The molecule has 0 amide bonds. The van der Waals surface area contributed by atoms with Crippen molar-refractivity contribution in [1.29, 1.82) is 0 Å². The highest BCUT2D eigenvalue weighted by atomic mass is 35.5. The Morgan fingerprint density at radius 1 is 0.812 bits per heavy atom. The van der Waals surface area contributed by atoms with E-state index < -0.39 is 0 Å². The first-order chi connectivity index (χ1) is 15.7. The van der Waals surface area contributed by atoms with Crippen LogP contribution in [0.3, 0.4) is 0 Å². The molecule has 0 atom stereocenters. The van der Waals surface area contributed by atoms with E-state index in [-0.39, 0.29) is 0 Å². The maximum absolute atomic E-state index is 6.09. The Kier molecular flexibility index (Phi) is 5.66. The first-order valence-electron chi connectivity index (χ1n) is 10.6. The summed E-state index contributed by atoms with van der Waals surface area (Å²) in [7, 11) is 0. The summed E-state index contributed by atoms with van der Waals surface area (Å²) >= 11 is 6.09. The van der Waals surface area contributed by atoms with Gasteiger partial charge in [-0.2, -0.15) is 0 Å². The van der Waals surface area contributed by atoms with Crippen LogP contribution in [0.5, 0.6) is 5.75 Å². The van der Waals surface area contributed by atoms with Crippen molar-refractivity contribution in [2.45, 2.75) is 20.1 Å². The number of ether oxygens (including phenoxy) is 1. The quantitative estimate of drug-likeness (QED) is 0.278. The number of halogens is 1. The zero-order valence-corrected chi connectivity index (χ0v) is 18.6. The molecule has 1 aromatic heterocycles. The number of benzene rings is 4. The number of hydrogen-bond donors (Lipinski definition) is 0. The Bertz CT molecular complexity index is 1360. The number of aryl methyl sites for hydroxylation is 1. The van der Waals surface area contributed by atoms with E-state index in [0.717, 1.165) is 38.8 Å². The summed E-state index contributed by atoms with van der Waals surface area (Å²) in [5, 5.41) is 0.739. The third-order valence-corrected chi connectivity index (χ3v) is 5.75. The lowest BCUT2D eigenvalue weighted by Gasteiger charge is -2.11. The largest absolute Gasteiger partial charge is 0.489 e. The molecule has 5 rings (SSSR count). The minimum Gasteiger partial charge on any atom is -0.489 e. The van der Waals surface area contributed by atoms with Gasteiger partial charge in [-0.3, -0.25) is 0 Å². The lowest BCUT2D eigenvalue weighted by atomic mass is 10.1. The fourth-order valence-electron chi connectivity index (χ4n) is 3.88. The Labute approximate surface area is 192 Å². The van der Waals surface area contributed by atoms with Crippen molar-refractivity contribution in [3.05, 3.63) is 119 Å². The van der Waals surface area contributed by atoms with Crippen molar-refractivity contribution >= 4 is 22.6 Å². The van der Waals surface area contributed by atoms with Crippen molar-refractivity contribution in [3.63, 3.8) is 0 Å². The van der Waals surface area contributed by atoms with Crippen LogP contribution in [0.1, 0.15) is 16.7 Å². The summed E-state index contributed by atoms with van der Waals surface area (Å²) in [6.45, 7) is 3.34. The molecule has 0 aliphatic rings. The predicted octanol–water partition coefficient (Wildman–Crippen LogP) is 7.29. The maximum atomic E-state index is 6.09. The van der Waals surface area contributed by atoms with Gasteiger partial charge in [-0.15, -0.1) is 0 Å². The smallest absolute Gasteiger partial charge is 0.141 e. The molecule has 0 saturated heterocycles. The van der Waals surface area contributed by atoms with Gasteiger partial charge in [-0.1, -0.05) is 77.8 Å². The highest BCUT2D eigenvalue weighted by molar-refractivity contribution is 6.30. The molecule has 5 aromatic rings. The average Bonchev–Trinajstić information content (AvgIpc) is 3.17. The molecule has 0 spiro atoms. The lowest BCUT2D eigenvalue weighted by Crippen LogP contribution is -2.02. The van der Waals surface area contributed by atoms with Crippen molar-refractivity contribution in [1.82, 2.24) is 9.55 Å². The van der Waals surface area contributed by atoms with E-state index >= 15 is 0 Å². The minimum absolute atomic E-state index is 0.530. The van der Waals surface area contributed by atoms with Gasteiger partial charge < -0.3 is 9.30 Å². The first-order valence-corrected chi connectivity index (χ1v) is 11.0. The molecule has 0 unspecified atom stereocenters. The second-order valence-corrected chi connectivity index (χ2v) is 8.38. The predicted molar refractivity (Wildman–Crippen MR) is 131 cm³/mol. The minimum atomic E-state index is 0.530. The molecular formula is C28H23ClN2O. The van der Waals surface area contributed by atoms with Gasteiger partial charge in [0.05, 0.1) is 11.0 Å². The molecule has 158 valence electrons. The van der Waals surface area contributed by atoms with E-state index in [1.165, 1.54) is 11.1 Å². The highest BCUT2D eigenvalue weighted by Crippen LogP contribution is 2.29. The molecule has 4 aromatic carbocycles. The average molecular weight is 439 g/mol. The number of rotatable bonds is 6. The topological polar surface area (TPSA) is 27.1 Å². The molecule has 0 saturated carbocycles. The summed E-state index contributed by atoms with van der Waals surface area (Å²) in [4.78, 5) is 5.01. The zero-order valence-electron chi connectivity index (χ0n) is 17.8. The third-order valence-electron chi connectivity index (χ3n) is 5.50. The lowest BCUT2D eigenvalue weighted by molar-refractivity contribution is 0.306. The van der Waals surface area contributed by atoms with Crippen LogP contribution in [0.2, 0.25) is 5.02 Å². The van der Waals surface area contributed by atoms with Gasteiger partial charge in [0.2, 0.25) is 0 Å². The van der Waals surface area contributed by atoms with Crippen molar-refractivity contribution < 1.29 is 4.74 Å². The van der Waals surface area contributed by atoms with E-state index in [4.69, 9.17) is 21.3 Å². The first kappa shape index (κ1) is 20.3. The van der Waals surface area contributed by atoms with Gasteiger partial charge in [-0.05, 0) is 48.4 Å². The van der Waals surface area contributed by atoms with Crippen LogP contribution >= 0.6 is 11.6 Å². The molecule has 1 heterocycles. The third kappa shape index (κ3) is 4.39. The SMILES string of the molecule is Cc1cccc(-c2nc3cc(OCc4ccccc4)ccc3n2Cc2ccc(Cl)cc2)c1. The normalized spacial score (nSPS) is 11.1. The molecular weight excluding hydrogens is 416 g/mol. The van der Waals surface area contributed by atoms with Crippen LogP contribution in [0, 0.1) is 6.92 Å². The second kappa shape index (κ2) is 8.89. The Morgan fingerprint density at radius 2 is 1.62 bits per heavy atom. The molecule has 0 radical (unpaired) electrons. The number of fused-ring (bicyclic) bond motifs is 1. The van der Waals surface area contributed by atoms with Gasteiger partial charge in [0.25, 0.3) is 0 Å². The zero-order chi connectivity index (χ0) is 21.9. The van der Waals surface area contributed by atoms with E-state index in [9.17, 15) is 0 Å². The molecule has 4 heteroatoms. The molecule has 32 heavy (non-hydrogen) atoms. The Morgan fingerprint density at radius 3 is 2.41 bits per heavy atom. The monoisotopic (exact) mass is 438 g/mol. The van der Waals surface area contributed by atoms with Crippen molar-refractivity contribution in [2.75, 3.05) is 0 Å². The number of aromatic nitrogens is 2. The number of hydrogen-bond acceptors (Lipinski definition) is 2. The van der Waals surface area contributed by atoms with Crippen LogP contribution in [-0.4, -0.2) is 9.55 Å². The van der Waals surface area contributed by atoms with Crippen LogP contribution in [0.4, 0.5) is 0 Å². The Hall–Kier alpha value is -3.56. The van der Waals surface area contributed by atoms with Crippen LogP contribution < -0.4 is 4.74 Å². The summed E-state index contributed by atoms with van der Waals surface area (Å²) < 4.78 is 8.30. The maximum Gasteiger partial charge on any atom is 0.141 e. The van der Waals surface area contributed by atoms with E-state index in [1.807, 2.05) is 42.5 Å². The summed E-state index contributed by atoms with van der Waals surface area (Å²) in [6.07, 6.45) is 0. The van der Waals surface area contributed by atoms with Crippen LogP contribution in [-0.2, 0) is 13.2 Å². The van der Waals surface area contributed by atoms with Gasteiger partial charge >= 0.3 is 0 Å². The molecule has 0 fully saturated rings. The summed E-state index contributed by atoms with van der Waals surface area (Å²) in [5.74, 6) is 1.76. The molecule has 3 nitrogen and oxygen atoms in total. The summed E-state index contributed by atoms with van der Waals surface area (Å²) in [6, 6.07) is 32.8. The molecule has 0 aliphatic heterocycles. The van der Waals surface area contributed by atoms with Crippen LogP contribution in [0.15, 0.2) is 97.1 Å². The highest BCUT2D eigenvalue weighted by Gasteiger charge is 2.14. The van der Waals surface area contributed by atoms with Crippen molar-refractivity contribution in [2.24, 2.45) is 0 Å². The molecule has 0 aliphatic carbocycles. The van der Waals surface area contributed by atoms with E-state index in [2.05, 4.69) is 66.1 Å². The number of imidazole rings is 1. The fourth-order valence-corrected chi connectivity index (χ4v) is 4.00. The van der Waals surface area contributed by atoms with Gasteiger partial charge in [0, 0.05) is 23.2 Å². The number of nitrogens with zero attached hydrogens (tertiary/aromatic N) is 2. The van der Waals surface area contributed by atoms with E-state index in [0.29, 0.717) is 13.2 Å². The standard InChI is InChI=1S/C28H23ClN2O/c1-20-6-5-9-23(16-20)28-30-26-17-25(32-19-22-7-3-2-4-8-22)14-15-27(26)31(28)18-21-10-12-24(29)13-11-21/h2-17H,18-19H2,1H3. The van der Waals surface area contributed by atoms with Gasteiger partial charge in [-0.25, -0.2) is 4.98 Å². The van der Waals surface area contributed by atoms with Crippen LogP contribution in [0.25, 0.3) is 22.4 Å². The molecule has 0 N–H and O–H groups in total. The van der Waals surface area contributed by atoms with E-state index in [1.54, 1.807) is 0 Å². The fraction of sp³-hybridized carbons (Fsp3) is 0.107. The van der Waals surface area contributed by atoms with Gasteiger partial charge in [0.1, 0.15) is 18.2 Å². The molecule has 0 bridgehead atoms. The van der Waals surface area contributed by atoms with Gasteiger partial charge in [0.15, 0.2) is 0 Å².